The first-order valence-electron chi connectivity index (χ1n) is 12.0. The third-order valence-corrected chi connectivity index (χ3v) is 8.95. The molecule has 1 saturated heterocycles. The van der Waals surface area contributed by atoms with Gasteiger partial charge in [-0.05, 0) is 42.8 Å². The maximum absolute atomic E-state index is 12.9. The van der Waals surface area contributed by atoms with Gasteiger partial charge in [0.15, 0.2) is 10.9 Å². The highest BCUT2D eigenvalue weighted by Crippen LogP contribution is 2.25. The topological polar surface area (TPSA) is 123 Å². The van der Waals surface area contributed by atoms with E-state index < -0.39 is 10.0 Å². The average molecular weight is 578 g/mol. The molecule has 13 heteroatoms. The monoisotopic (exact) mass is 577 g/mol. The van der Waals surface area contributed by atoms with Gasteiger partial charge in [0.05, 0.1) is 23.9 Å². The van der Waals surface area contributed by atoms with Crippen LogP contribution >= 0.6 is 23.4 Å². The minimum absolute atomic E-state index is 0.0905. The zero-order valence-corrected chi connectivity index (χ0v) is 23.2. The molecule has 0 atom stereocenters. The number of carbonyl (C=O) groups is 2. The molecule has 1 aliphatic rings. The molecule has 10 nitrogen and oxygen atoms in total. The Balaban J connectivity index is 1.45. The number of benzene rings is 2. The SMILES string of the molecule is CC(=O)NCCCc1nnc(SCC(=O)c2ccc(S(=O)(=O)N3CCOCC3)cc2)n1-c1ccc(Cl)cc1. The van der Waals surface area contributed by atoms with E-state index in [1.807, 2.05) is 16.7 Å². The van der Waals surface area contributed by atoms with Gasteiger partial charge in [0.2, 0.25) is 15.9 Å². The number of carbonyl (C=O) groups excluding carboxylic acids is 2. The fourth-order valence-corrected chi connectivity index (χ4v) is 6.28. The zero-order chi connectivity index (χ0) is 27.1. The molecule has 4 rings (SSSR count). The van der Waals surface area contributed by atoms with E-state index in [1.165, 1.54) is 47.3 Å². The molecular formula is C25H28ClN5O5S2. The number of morpholine rings is 1. The number of Topliss-reactive ketones (excluding diaryl/α,β-unsaturated/α-hetero) is 1. The van der Waals surface area contributed by atoms with E-state index in [2.05, 4.69) is 15.5 Å². The molecule has 2 aromatic carbocycles. The number of sulfonamides is 1. The lowest BCUT2D eigenvalue weighted by molar-refractivity contribution is -0.118. The highest BCUT2D eigenvalue weighted by molar-refractivity contribution is 7.99. The minimum Gasteiger partial charge on any atom is -0.379 e. The smallest absolute Gasteiger partial charge is 0.243 e. The van der Waals surface area contributed by atoms with Crippen LogP contribution in [0.5, 0.6) is 0 Å². The van der Waals surface area contributed by atoms with Crippen LogP contribution in [-0.4, -0.2) is 77.8 Å². The lowest BCUT2D eigenvalue weighted by atomic mass is 10.1. The Labute approximate surface area is 230 Å². The van der Waals surface area contributed by atoms with Crippen molar-refractivity contribution in [2.24, 2.45) is 0 Å². The lowest BCUT2D eigenvalue weighted by Crippen LogP contribution is -2.40. The summed E-state index contributed by atoms with van der Waals surface area (Å²) < 4.78 is 34.2. The fraction of sp³-hybridized carbons (Fsp3) is 0.360. The lowest BCUT2D eigenvalue weighted by Gasteiger charge is -2.26. The van der Waals surface area contributed by atoms with Crippen molar-refractivity contribution in [3.8, 4) is 5.69 Å². The molecule has 38 heavy (non-hydrogen) atoms. The molecular weight excluding hydrogens is 550 g/mol. The van der Waals surface area contributed by atoms with E-state index >= 15 is 0 Å². The van der Waals surface area contributed by atoms with E-state index in [-0.39, 0.29) is 22.3 Å². The predicted molar refractivity (Wildman–Crippen MR) is 144 cm³/mol. The first kappa shape index (κ1) is 28.2. The van der Waals surface area contributed by atoms with Crippen LogP contribution in [0.15, 0.2) is 58.6 Å². The zero-order valence-electron chi connectivity index (χ0n) is 20.8. The molecule has 3 aromatic rings. The third kappa shape index (κ3) is 7.00. The van der Waals surface area contributed by atoms with E-state index in [0.29, 0.717) is 67.3 Å². The van der Waals surface area contributed by atoms with Crippen molar-refractivity contribution in [3.63, 3.8) is 0 Å². The largest absolute Gasteiger partial charge is 0.379 e. The number of thioether (sulfide) groups is 1. The van der Waals surface area contributed by atoms with Crippen LogP contribution in [0.3, 0.4) is 0 Å². The van der Waals surface area contributed by atoms with Gasteiger partial charge in [-0.2, -0.15) is 4.31 Å². The van der Waals surface area contributed by atoms with Gasteiger partial charge in [0.1, 0.15) is 5.82 Å². The van der Waals surface area contributed by atoms with Gasteiger partial charge in [0.25, 0.3) is 0 Å². The van der Waals surface area contributed by atoms with Crippen molar-refractivity contribution in [2.45, 2.75) is 29.8 Å². The van der Waals surface area contributed by atoms with Gasteiger partial charge in [-0.3, -0.25) is 14.2 Å². The van der Waals surface area contributed by atoms with Crippen LogP contribution in [-0.2, 0) is 26.0 Å². The number of hydrogen-bond donors (Lipinski definition) is 1. The number of nitrogens with zero attached hydrogens (tertiary/aromatic N) is 4. The average Bonchev–Trinajstić information content (AvgIpc) is 3.33. The van der Waals surface area contributed by atoms with E-state index in [0.717, 1.165) is 5.69 Å². The van der Waals surface area contributed by atoms with Gasteiger partial charge < -0.3 is 10.1 Å². The Kier molecular flexibility index (Phi) is 9.55. The summed E-state index contributed by atoms with van der Waals surface area (Å²) >= 11 is 7.31. The quantitative estimate of drug-likeness (QED) is 0.210. The number of aryl methyl sites for hydroxylation is 1. The molecule has 1 aromatic heterocycles. The molecule has 0 saturated carbocycles. The Morgan fingerprint density at radius 3 is 2.39 bits per heavy atom. The second-order valence-electron chi connectivity index (χ2n) is 8.55. The maximum atomic E-state index is 12.9. The Bertz CT molecular complexity index is 1370. The van der Waals surface area contributed by atoms with Gasteiger partial charge in [-0.1, -0.05) is 35.5 Å². The molecule has 0 unspecified atom stereocenters. The Hall–Kier alpha value is -2.77. The van der Waals surface area contributed by atoms with Crippen LogP contribution in [0.2, 0.25) is 5.02 Å². The number of nitrogens with one attached hydrogen (secondary N) is 1. The van der Waals surface area contributed by atoms with Gasteiger partial charge in [-0.25, -0.2) is 8.42 Å². The number of hydrogen-bond acceptors (Lipinski definition) is 8. The summed E-state index contributed by atoms with van der Waals surface area (Å²) in [5.41, 5.74) is 1.22. The van der Waals surface area contributed by atoms with Crippen molar-refractivity contribution < 1.29 is 22.7 Å². The number of ether oxygens (including phenoxy) is 1. The van der Waals surface area contributed by atoms with E-state index in [1.54, 1.807) is 12.1 Å². The molecule has 1 N–H and O–H groups in total. The Morgan fingerprint density at radius 2 is 1.74 bits per heavy atom. The van der Waals surface area contributed by atoms with Gasteiger partial charge in [0, 0.05) is 49.3 Å². The highest BCUT2D eigenvalue weighted by atomic mass is 35.5. The van der Waals surface area contributed by atoms with E-state index in [4.69, 9.17) is 16.3 Å². The fourth-order valence-electron chi connectivity index (χ4n) is 3.88. The molecule has 0 bridgehead atoms. The number of aromatic nitrogens is 3. The number of halogens is 1. The standard InChI is InChI=1S/C25H28ClN5O5S2/c1-18(32)27-12-2-3-24-28-29-25(31(24)21-8-6-20(26)7-9-21)37-17-23(33)19-4-10-22(11-5-19)38(34,35)30-13-15-36-16-14-30/h4-11H,2-3,12-17H2,1H3,(H,27,32). The van der Waals surface area contributed by atoms with Crippen LogP contribution in [0.1, 0.15) is 29.5 Å². The number of rotatable bonds is 11. The summed E-state index contributed by atoms with van der Waals surface area (Å²) in [6, 6.07) is 13.2. The second-order valence-corrected chi connectivity index (χ2v) is 11.9. The van der Waals surface area contributed by atoms with Crippen LogP contribution in [0.25, 0.3) is 5.69 Å². The summed E-state index contributed by atoms with van der Waals surface area (Å²) in [5, 5.41) is 12.5. The Morgan fingerprint density at radius 1 is 1.05 bits per heavy atom. The highest BCUT2D eigenvalue weighted by Gasteiger charge is 2.26. The second kappa shape index (κ2) is 12.9. The molecule has 0 aliphatic carbocycles. The molecule has 0 radical (unpaired) electrons. The van der Waals surface area contributed by atoms with Gasteiger partial charge in [-0.15, -0.1) is 10.2 Å². The summed E-state index contributed by atoms with van der Waals surface area (Å²) in [6.07, 6.45) is 1.25. The summed E-state index contributed by atoms with van der Waals surface area (Å²) in [6.45, 7) is 3.33. The van der Waals surface area contributed by atoms with Crippen molar-refractivity contribution in [2.75, 3.05) is 38.6 Å². The first-order valence-corrected chi connectivity index (χ1v) is 14.8. The molecule has 1 aliphatic heterocycles. The number of amides is 1. The summed E-state index contributed by atoms with van der Waals surface area (Å²) in [7, 11) is -3.63. The van der Waals surface area contributed by atoms with Gasteiger partial charge >= 0.3 is 0 Å². The molecule has 1 amide bonds. The summed E-state index contributed by atoms with van der Waals surface area (Å²) in [5.74, 6) is 0.534. The predicted octanol–water partition coefficient (Wildman–Crippen LogP) is 2.99. The molecule has 202 valence electrons. The van der Waals surface area contributed by atoms with Crippen molar-refractivity contribution in [1.29, 1.82) is 0 Å². The molecule has 0 spiro atoms. The first-order chi connectivity index (χ1) is 18.3. The van der Waals surface area contributed by atoms with Crippen LogP contribution in [0, 0.1) is 0 Å². The van der Waals surface area contributed by atoms with Crippen LogP contribution < -0.4 is 5.32 Å². The number of ketones is 1. The normalized spacial score (nSPS) is 14.4. The molecule has 2 heterocycles. The molecule has 1 fully saturated rings. The van der Waals surface area contributed by atoms with Crippen molar-refractivity contribution >= 4 is 45.1 Å². The van der Waals surface area contributed by atoms with Crippen molar-refractivity contribution in [1.82, 2.24) is 24.4 Å². The van der Waals surface area contributed by atoms with Crippen LogP contribution in [0.4, 0.5) is 0 Å². The maximum Gasteiger partial charge on any atom is 0.243 e. The minimum atomic E-state index is -3.63. The van der Waals surface area contributed by atoms with Crippen molar-refractivity contribution in [3.05, 3.63) is 64.9 Å². The summed E-state index contributed by atoms with van der Waals surface area (Å²) in [4.78, 5) is 24.2. The van der Waals surface area contributed by atoms with E-state index in [9.17, 15) is 18.0 Å². The third-order valence-electron chi connectivity index (χ3n) is 5.85.